The van der Waals surface area contributed by atoms with E-state index in [-0.39, 0.29) is 6.42 Å². The summed E-state index contributed by atoms with van der Waals surface area (Å²) in [5.41, 5.74) is 4.08. The number of para-hydroxylation sites is 2. The predicted molar refractivity (Wildman–Crippen MR) is 94.8 cm³/mol. The van der Waals surface area contributed by atoms with Crippen LogP contribution in [0.5, 0.6) is 0 Å². The van der Waals surface area contributed by atoms with Crippen LogP contribution in [-0.2, 0) is 17.9 Å². The van der Waals surface area contributed by atoms with E-state index in [1.807, 2.05) is 42.9 Å². The molecule has 0 aliphatic heterocycles. The molecule has 1 N–H and O–H groups in total. The van der Waals surface area contributed by atoms with Crippen molar-refractivity contribution in [3.05, 3.63) is 54.1 Å². The Morgan fingerprint density at radius 3 is 2.50 bits per heavy atom. The highest BCUT2D eigenvalue weighted by Gasteiger charge is 2.13. The molecule has 0 saturated carbocycles. The van der Waals surface area contributed by atoms with Crippen molar-refractivity contribution in [1.82, 2.24) is 14.5 Å². The van der Waals surface area contributed by atoms with Gasteiger partial charge in [-0.15, -0.1) is 0 Å². The molecule has 3 aromatic rings. The molecule has 0 amide bonds. The van der Waals surface area contributed by atoms with Crippen molar-refractivity contribution in [3.63, 3.8) is 0 Å². The van der Waals surface area contributed by atoms with Crippen LogP contribution in [0.1, 0.15) is 12.0 Å². The van der Waals surface area contributed by atoms with E-state index in [1.165, 1.54) is 5.56 Å². The molecule has 0 spiro atoms. The van der Waals surface area contributed by atoms with Crippen LogP contribution in [0.2, 0.25) is 0 Å². The third kappa shape index (κ3) is 3.46. The number of benzene rings is 2. The molecular weight excluding hydrogens is 302 g/mol. The van der Waals surface area contributed by atoms with Gasteiger partial charge >= 0.3 is 5.97 Å². The number of carboxylic acids is 1. The highest BCUT2D eigenvalue weighted by atomic mass is 16.4. The summed E-state index contributed by atoms with van der Waals surface area (Å²) in [6.45, 7) is 1.29. The van der Waals surface area contributed by atoms with Crippen molar-refractivity contribution in [2.45, 2.75) is 19.5 Å². The average Bonchev–Trinajstić information content (AvgIpc) is 2.91. The van der Waals surface area contributed by atoms with Gasteiger partial charge in [-0.1, -0.05) is 36.4 Å². The average molecular weight is 323 g/mol. The second kappa shape index (κ2) is 6.84. The van der Waals surface area contributed by atoms with Gasteiger partial charge in [0.15, 0.2) is 0 Å². The fraction of sp³-hybridized carbons (Fsp3) is 0.263. The number of rotatable bonds is 6. The lowest BCUT2D eigenvalue weighted by atomic mass is 10.1. The highest BCUT2D eigenvalue weighted by Crippen LogP contribution is 2.25. The van der Waals surface area contributed by atoms with Crippen LogP contribution in [0, 0.1) is 0 Å². The van der Waals surface area contributed by atoms with Crippen molar-refractivity contribution >= 4 is 17.0 Å². The van der Waals surface area contributed by atoms with Gasteiger partial charge in [-0.05, 0) is 31.8 Å². The Morgan fingerprint density at radius 1 is 1.12 bits per heavy atom. The molecule has 0 bridgehead atoms. The number of carbonyl (C=O) groups is 1. The Hall–Kier alpha value is -2.66. The summed E-state index contributed by atoms with van der Waals surface area (Å²) < 4.78 is 1.99. The van der Waals surface area contributed by atoms with Gasteiger partial charge in [-0.2, -0.15) is 0 Å². The van der Waals surface area contributed by atoms with E-state index in [2.05, 4.69) is 29.2 Å². The fourth-order valence-electron chi connectivity index (χ4n) is 2.85. The van der Waals surface area contributed by atoms with Crippen LogP contribution in [0.4, 0.5) is 0 Å². The van der Waals surface area contributed by atoms with E-state index in [4.69, 9.17) is 10.1 Å². The topological polar surface area (TPSA) is 58.4 Å². The summed E-state index contributed by atoms with van der Waals surface area (Å²) >= 11 is 0. The SMILES string of the molecule is CN(C)Cc1ccc(-c2nc3ccccc3n2CCC(=O)O)cc1. The van der Waals surface area contributed by atoms with Gasteiger partial charge in [0.25, 0.3) is 0 Å². The zero-order valence-electron chi connectivity index (χ0n) is 13.9. The minimum atomic E-state index is -0.805. The Bertz CT molecular complexity index is 851. The first kappa shape index (κ1) is 16.2. The zero-order chi connectivity index (χ0) is 17.1. The number of fused-ring (bicyclic) bond motifs is 1. The van der Waals surface area contributed by atoms with E-state index >= 15 is 0 Å². The maximum Gasteiger partial charge on any atom is 0.305 e. The van der Waals surface area contributed by atoms with Gasteiger partial charge in [0.1, 0.15) is 5.82 Å². The van der Waals surface area contributed by atoms with Crippen molar-refractivity contribution < 1.29 is 9.90 Å². The third-order valence-corrected chi connectivity index (χ3v) is 3.91. The molecule has 0 aliphatic carbocycles. The van der Waals surface area contributed by atoms with Gasteiger partial charge in [0.2, 0.25) is 0 Å². The Morgan fingerprint density at radius 2 is 1.83 bits per heavy atom. The molecule has 3 rings (SSSR count). The fourth-order valence-corrected chi connectivity index (χ4v) is 2.85. The van der Waals surface area contributed by atoms with Crippen LogP contribution in [0.15, 0.2) is 48.5 Å². The molecule has 2 aromatic carbocycles. The number of imidazole rings is 1. The molecule has 124 valence electrons. The lowest BCUT2D eigenvalue weighted by Gasteiger charge is -2.11. The van der Waals surface area contributed by atoms with Gasteiger partial charge in [-0.3, -0.25) is 4.79 Å². The quantitative estimate of drug-likeness (QED) is 0.756. The standard InChI is InChI=1S/C19H21N3O2/c1-21(2)13-14-7-9-15(10-8-14)19-20-16-5-3-4-6-17(16)22(19)12-11-18(23)24/h3-10H,11-13H2,1-2H3,(H,23,24). The van der Waals surface area contributed by atoms with Crippen LogP contribution in [0.3, 0.4) is 0 Å². The first-order chi connectivity index (χ1) is 11.5. The van der Waals surface area contributed by atoms with Gasteiger partial charge in [0, 0.05) is 18.7 Å². The van der Waals surface area contributed by atoms with Crippen LogP contribution < -0.4 is 0 Å². The summed E-state index contributed by atoms with van der Waals surface area (Å²) in [5, 5.41) is 9.03. The Labute approximate surface area is 141 Å². The molecule has 5 heteroatoms. The number of aromatic nitrogens is 2. The Balaban J connectivity index is 2.01. The van der Waals surface area contributed by atoms with Crippen LogP contribution in [0.25, 0.3) is 22.4 Å². The number of aliphatic carboxylic acids is 1. The number of hydrogen-bond acceptors (Lipinski definition) is 3. The Kier molecular flexibility index (Phi) is 4.62. The second-order valence-corrected chi connectivity index (χ2v) is 6.15. The van der Waals surface area contributed by atoms with Crippen molar-refractivity contribution in [2.24, 2.45) is 0 Å². The van der Waals surface area contributed by atoms with Crippen molar-refractivity contribution in [2.75, 3.05) is 14.1 Å². The highest BCUT2D eigenvalue weighted by molar-refractivity contribution is 5.81. The normalized spacial score (nSPS) is 11.3. The molecule has 24 heavy (non-hydrogen) atoms. The minimum Gasteiger partial charge on any atom is -0.481 e. The summed E-state index contributed by atoms with van der Waals surface area (Å²) in [4.78, 5) is 17.8. The molecule has 1 aromatic heterocycles. The number of nitrogens with zero attached hydrogens (tertiary/aromatic N) is 3. The summed E-state index contributed by atoms with van der Waals surface area (Å²) in [7, 11) is 4.08. The second-order valence-electron chi connectivity index (χ2n) is 6.15. The number of hydrogen-bond donors (Lipinski definition) is 1. The van der Waals surface area contributed by atoms with E-state index < -0.39 is 5.97 Å². The van der Waals surface area contributed by atoms with Gasteiger partial charge in [0.05, 0.1) is 17.5 Å². The molecule has 5 nitrogen and oxygen atoms in total. The van der Waals surface area contributed by atoms with Crippen LogP contribution >= 0.6 is 0 Å². The monoisotopic (exact) mass is 323 g/mol. The number of aryl methyl sites for hydroxylation is 1. The largest absolute Gasteiger partial charge is 0.481 e. The first-order valence-corrected chi connectivity index (χ1v) is 7.95. The van der Waals surface area contributed by atoms with Gasteiger partial charge < -0.3 is 14.6 Å². The lowest BCUT2D eigenvalue weighted by Crippen LogP contribution is -2.10. The van der Waals surface area contributed by atoms with Crippen molar-refractivity contribution in [1.29, 1.82) is 0 Å². The molecule has 0 atom stereocenters. The molecule has 0 saturated heterocycles. The summed E-state index contributed by atoms with van der Waals surface area (Å²) in [6, 6.07) is 16.1. The molecule has 0 unspecified atom stereocenters. The third-order valence-electron chi connectivity index (χ3n) is 3.91. The molecule has 1 heterocycles. The lowest BCUT2D eigenvalue weighted by molar-refractivity contribution is -0.137. The van der Waals surface area contributed by atoms with Gasteiger partial charge in [-0.25, -0.2) is 4.98 Å². The van der Waals surface area contributed by atoms with E-state index in [0.29, 0.717) is 6.54 Å². The molecule has 0 fully saturated rings. The smallest absolute Gasteiger partial charge is 0.305 e. The predicted octanol–water partition coefficient (Wildman–Crippen LogP) is 3.24. The molecule has 0 radical (unpaired) electrons. The summed E-state index contributed by atoms with van der Waals surface area (Å²) in [5.74, 6) is 0.00825. The maximum absolute atomic E-state index is 11.0. The van der Waals surface area contributed by atoms with E-state index in [0.717, 1.165) is 29.0 Å². The minimum absolute atomic E-state index is 0.0755. The van der Waals surface area contributed by atoms with E-state index in [1.54, 1.807) is 0 Å². The summed E-state index contributed by atoms with van der Waals surface area (Å²) in [6.07, 6.45) is 0.0755. The number of carboxylic acid groups (broad SMARTS) is 1. The van der Waals surface area contributed by atoms with Crippen LogP contribution in [-0.4, -0.2) is 39.6 Å². The van der Waals surface area contributed by atoms with E-state index in [9.17, 15) is 4.79 Å². The maximum atomic E-state index is 11.0. The first-order valence-electron chi connectivity index (χ1n) is 7.95. The molecular formula is C19H21N3O2. The molecule has 0 aliphatic rings. The zero-order valence-corrected chi connectivity index (χ0v) is 13.9. The van der Waals surface area contributed by atoms with Crippen molar-refractivity contribution in [3.8, 4) is 11.4 Å².